The summed E-state index contributed by atoms with van der Waals surface area (Å²) in [6.07, 6.45) is 1.85. The molecule has 78 valence electrons. The summed E-state index contributed by atoms with van der Waals surface area (Å²) in [5.41, 5.74) is 0.748. The van der Waals surface area contributed by atoms with Crippen molar-refractivity contribution in [1.82, 2.24) is 0 Å². The highest BCUT2D eigenvalue weighted by molar-refractivity contribution is 7.98. The van der Waals surface area contributed by atoms with Crippen molar-refractivity contribution in [2.75, 3.05) is 6.26 Å². The molecule has 0 aliphatic carbocycles. The van der Waals surface area contributed by atoms with Crippen LogP contribution in [0, 0.1) is 0 Å². The summed E-state index contributed by atoms with van der Waals surface area (Å²) in [5, 5.41) is 9.73. The highest BCUT2D eigenvalue weighted by Gasteiger charge is 2.15. The molecule has 1 aromatic heterocycles. The van der Waals surface area contributed by atoms with Gasteiger partial charge in [0.15, 0.2) is 0 Å². The van der Waals surface area contributed by atoms with Crippen LogP contribution in [-0.2, 0) is 11.2 Å². The quantitative estimate of drug-likeness (QED) is 0.811. The van der Waals surface area contributed by atoms with Gasteiger partial charge in [0.1, 0.15) is 17.8 Å². The smallest absolute Gasteiger partial charge is 0.311 e. The first kappa shape index (κ1) is 10.1. The van der Waals surface area contributed by atoms with Gasteiger partial charge >= 0.3 is 5.97 Å². The highest BCUT2D eigenvalue weighted by atomic mass is 32.2. The minimum Gasteiger partial charge on any atom is -0.481 e. The van der Waals surface area contributed by atoms with Crippen LogP contribution in [-0.4, -0.2) is 17.3 Å². The van der Waals surface area contributed by atoms with Gasteiger partial charge in [0, 0.05) is 5.39 Å². The number of carboxylic acids is 1. The topological polar surface area (TPSA) is 50.4 Å². The van der Waals surface area contributed by atoms with Crippen molar-refractivity contribution in [2.24, 2.45) is 0 Å². The van der Waals surface area contributed by atoms with E-state index in [9.17, 15) is 4.79 Å². The van der Waals surface area contributed by atoms with Crippen LogP contribution in [0.5, 0.6) is 0 Å². The molecule has 0 radical (unpaired) electrons. The zero-order chi connectivity index (χ0) is 10.8. The summed E-state index contributed by atoms with van der Waals surface area (Å²) < 4.78 is 5.50. The lowest BCUT2D eigenvalue weighted by Gasteiger charge is -1.95. The number of thioether (sulfide) groups is 1. The molecule has 1 N–H and O–H groups in total. The Balaban J connectivity index is 2.58. The van der Waals surface area contributed by atoms with Gasteiger partial charge < -0.3 is 9.52 Å². The van der Waals surface area contributed by atoms with Crippen LogP contribution in [0.1, 0.15) is 5.76 Å². The Labute approximate surface area is 91.1 Å². The van der Waals surface area contributed by atoms with Crippen LogP contribution >= 0.6 is 11.8 Å². The fourth-order valence-corrected chi connectivity index (χ4v) is 2.28. The molecule has 0 unspecified atom stereocenters. The Morgan fingerprint density at radius 3 is 2.87 bits per heavy atom. The van der Waals surface area contributed by atoms with E-state index in [2.05, 4.69) is 0 Å². The molecule has 0 amide bonds. The monoisotopic (exact) mass is 222 g/mol. The second-order valence-electron chi connectivity index (χ2n) is 3.13. The van der Waals surface area contributed by atoms with Gasteiger partial charge in [0.2, 0.25) is 0 Å². The fraction of sp³-hybridized carbons (Fsp3) is 0.182. The van der Waals surface area contributed by atoms with Crippen molar-refractivity contribution >= 4 is 28.7 Å². The average molecular weight is 222 g/mol. The van der Waals surface area contributed by atoms with Gasteiger partial charge in [-0.1, -0.05) is 12.1 Å². The molecule has 4 heteroatoms. The predicted octanol–water partition coefficient (Wildman–Crippen LogP) is 2.78. The standard InChI is InChI=1S/C11H10O3S/c1-15-11-7-4-2-3-5-8(7)14-9(11)6-10(12)13/h2-5H,6H2,1H3,(H,12,13). The Kier molecular flexibility index (Phi) is 2.68. The molecule has 0 aliphatic rings. The first-order chi connectivity index (χ1) is 7.22. The summed E-state index contributed by atoms with van der Waals surface area (Å²) >= 11 is 1.52. The van der Waals surface area contributed by atoms with E-state index in [0.717, 1.165) is 15.9 Å². The molecule has 0 spiro atoms. The molecule has 0 fully saturated rings. The lowest BCUT2D eigenvalue weighted by Crippen LogP contribution is -1.99. The molecule has 3 nitrogen and oxygen atoms in total. The number of carbonyl (C=O) groups is 1. The largest absolute Gasteiger partial charge is 0.481 e. The molecule has 0 saturated carbocycles. The Morgan fingerprint density at radius 1 is 1.47 bits per heavy atom. The number of para-hydroxylation sites is 1. The van der Waals surface area contributed by atoms with Crippen LogP contribution < -0.4 is 0 Å². The average Bonchev–Trinajstić information content (AvgIpc) is 2.53. The summed E-state index contributed by atoms with van der Waals surface area (Å²) in [6, 6.07) is 7.58. The van der Waals surface area contributed by atoms with Crippen LogP contribution in [0.15, 0.2) is 33.6 Å². The van der Waals surface area contributed by atoms with Crippen molar-refractivity contribution in [3.63, 3.8) is 0 Å². The fourth-order valence-electron chi connectivity index (χ4n) is 1.55. The molecule has 0 saturated heterocycles. The molecule has 0 atom stereocenters. The molecule has 2 aromatic rings. The van der Waals surface area contributed by atoms with E-state index in [0.29, 0.717) is 5.76 Å². The summed E-state index contributed by atoms with van der Waals surface area (Å²) in [5.74, 6) is -0.333. The molecular weight excluding hydrogens is 212 g/mol. The van der Waals surface area contributed by atoms with Crippen molar-refractivity contribution in [3.05, 3.63) is 30.0 Å². The summed E-state index contributed by atoms with van der Waals surface area (Å²) in [6.45, 7) is 0. The predicted molar refractivity (Wildman–Crippen MR) is 59.3 cm³/mol. The number of hydrogen-bond donors (Lipinski definition) is 1. The third-order valence-electron chi connectivity index (χ3n) is 2.13. The number of aliphatic carboxylic acids is 1. The Hall–Kier alpha value is -1.42. The summed E-state index contributed by atoms with van der Waals surface area (Å²) in [7, 11) is 0. The van der Waals surface area contributed by atoms with E-state index in [4.69, 9.17) is 9.52 Å². The maximum absolute atomic E-state index is 10.6. The minimum absolute atomic E-state index is 0.0646. The maximum atomic E-state index is 10.6. The van der Waals surface area contributed by atoms with E-state index >= 15 is 0 Å². The molecule has 1 heterocycles. The normalized spacial score (nSPS) is 10.7. The SMILES string of the molecule is CSc1c(CC(=O)O)oc2ccccc12. The van der Waals surface area contributed by atoms with Crippen molar-refractivity contribution < 1.29 is 14.3 Å². The molecule has 0 bridgehead atoms. The van der Waals surface area contributed by atoms with E-state index < -0.39 is 5.97 Å². The van der Waals surface area contributed by atoms with Crippen LogP contribution in [0.4, 0.5) is 0 Å². The second kappa shape index (κ2) is 3.98. The van der Waals surface area contributed by atoms with Crippen LogP contribution in [0.2, 0.25) is 0 Å². The number of benzene rings is 1. The Morgan fingerprint density at radius 2 is 2.20 bits per heavy atom. The third-order valence-corrected chi connectivity index (χ3v) is 2.99. The number of carboxylic acid groups (broad SMARTS) is 1. The van der Waals surface area contributed by atoms with Crippen LogP contribution in [0.25, 0.3) is 11.0 Å². The van der Waals surface area contributed by atoms with Gasteiger partial charge in [-0.05, 0) is 18.4 Å². The lowest BCUT2D eigenvalue weighted by molar-refractivity contribution is -0.136. The molecule has 2 rings (SSSR count). The van der Waals surface area contributed by atoms with E-state index in [1.165, 1.54) is 11.8 Å². The van der Waals surface area contributed by atoms with E-state index in [1.54, 1.807) is 0 Å². The number of furan rings is 1. The minimum atomic E-state index is -0.871. The van der Waals surface area contributed by atoms with Crippen molar-refractivity contribution in [1.29, 1.82) is 0 Å². The van der Waals surface area contributed by atoms with Crippen LogP contribution in [0.3, 0.4) is 0 Å². The van der Waals surface area contributed by atoms with E-state index in [1.807, 2.05) is 30.5 Å². The Bertz CT molecular complexity index is 502. The van der Waals surface area contributed by atoms with Gasteiger partial charge in [-0.3, -0.25) is 4.79 Å². The highest BCUT2D eigenvalue weighted by Crippen LogP contribution is 2.32. The van der Waals surface area contributed by atoms with Gasteiger partial charge in [-0.2, -0.15) is 0 Å². The number of rotatable bonds is 3. The number of hydrogen-bond acceptors (Lipinski definition) is 3. The second-order valence-corrected chi connectivity index (χ2v) is 3.94. The first-order valence-electron chi connectivity index (χ1n) is 4.48. The first-order valence-corrected chi connectivity index (χ1v) is 5.71. The van der Waals surface area contributed by atoms with E-state index in [-0.39, 0.29) is 6.42 Å². The van der Waals surface area contributed by atoms with Gasteiger partial charge in [-0.15, -0.1) is 11.8 Å². The molecular formula is C11H10O3S. The molecule has 1 aromatic carbocycles. The lowest BCUT2D eigenvalue weighted by atomic mass is 10.2. The van der Waals surface area contributed by atoms with Gasteiger partial charge in [0.05, 0.1) is 4.90 Å². The van der Waals surface area contributed by atoms with Gasteiger partial charge in [-0.25, -0.2) is 0 Å². The van der Waals surface area contributed by atoms with Crippen molar-refractivity contribution in [2.45, 2.75) is 11.3 Å². The zero-order valence-corrected chi connectivity index (χ0v) is 9.00. The third kappa shape index (κ3) is 1.85. The summed E-state index contributed by atoms with van der Waals surface area (Å²) in [4.78, 5) is 11.6. The molecule has 0 aliphatic heterocycles. The van der Waals surface area contributed by atoms with Crippen molar-refractivity contribution in [3.8, 4) is 0 Å². The zero-order valence-electron chi connectivity index (χ0n) is 8.19. The number of fused-ring (bicyclic) bond motifs is 1. The van der Waals surface area contributed by atoms with Gasteiger partial charge in [0.25, 0.3) is 0 Å². The molecule has 15 heavy (non-hydrogen) atoms. The maximum Gasteiger partial charge on any atom is 0.311 e.